The lowest BCUT2D eigenvalue weighted by Gasteiger charge is -2.01. The van der Waals surface area contributed by atoms with Crippen molar-refractivity contribution in [1.29, 1.82) is 0 Å². The van der Waals surface area contributed by atoms with Gasteiger partial charge in [0.1, 0.15) is 5.82 Å². The topological polar surface area (TPSA) is 80.9 Å². The Balaban J connectivity index is 2.73. The van der Waals surface area contributed by atoms with Gasteiger partial charge in [0.15, 0.2) is 0 Å². The van der Waals surface area contributed by atoms with Gasteiger partial charge in [-0.2, -0.15) is 0 Å². The van der Waals surface area contributed by atoms with Crippen LogP contribution in [0.15, 0.2) is 11.4 Å². The van der Waals surface area contributed by atoms with Gasteiger partial charge < -0.3 is 11.1 Å². The zero-order chi connectivity index (χ0) is 10.1. The Labute approximate surface area is 84.0 Å². The second-order valence-corrected chi connectivity index (χ2v) is 3.56. The maximum absolute atomic E-state index is 10.9. The first-order chi connectivity index (χ1) is 6.72. The highest BCUT2D eigenvalue weighted by molar-refractivity contribution is 7.17. The van der Waals surface area contributed by atoms with E-state index in [4.69, 9.17) is 5.73 Å². The zero-order valence-electron chi connectivity index (χ0n) is 7.44. The molecule has 3 N–H and O–H groups in total. The third-order valence-electron chi connectivity index (χ3n) is 1.76. The van der Waals surface area contributed by atoms with Crippen molar-refractivity contribution < 1.29 is 4.79 Å². The Morgan fingerprint density at radius 1 is 1.57 bits per heavy atom. The summed E-state index contributed by atoms with van der Waals surface area (Å²) in [7, 11) is 1.74. The molecule has 0 spiro atoms. The molecule has 6 heteroatoms. The molecule has 2 aromatic rings. The van der Waals surface area contributed by atoms with E-state index in [9.17, 15) is 4.79 Å². The lowest BCUT2D eigenvalue weighted by atomic mass is 10.4. The number of thiophene rings is 1. The summed E-state index contributed by atoms with van der Waals surface area (Å²) < 4.78 is 0.928. The number of nitrogens with zero attached hydrogens (tertiary/aromatic N) is 2. The maximum Gasteiger partial charge on any atom is 0.286 e. The van der Waals surface area contributed by atoms with Gasteiger partial charge in [0.2, 0.25) is 5.82 Å². The van der Waals surface area contributed by atoms with Crippen LogP contribution >= 0.6 is 11.3 Å². The molecule has 0 saturated carbocycles. The minimum atomic E-state index is -0.616. The molecule has 72 valence electrons. The molecule has 0 aliphatic rings. The van der Waals surface area contributed by atoms with E-state index in [-0.39, 0.29) is 5.82 Å². The number of nitrogens with two attached hydrogens (primary N) is 1. The van der Waals surface area contributed by atoms with Crippen molar-refractivity contribution in [3.8, 4) is 0 Å². The maximum atomic E-state index is 10.9. The number of rotatable bonds is 2. The van der Waals surface area contributed by atoms with E-state index < -0.39 is 5.91 Å². The molecule has 2 aromatic heterocycles. The Kier molecular flexibility index (Phi) is 2.05. The van der Waals surface area contributed by atoms with E-state index in [0.717, 1.165) is 10.2 Å². The number of aromatic nitrogens is 2. The number of primary amides is 1. The van der Waals surface area contributed by atoms with Crippen molar-refractivity contribution in [3.05, 3.63) is 17.3 Å². The van der Waals surface area contributed by atoms with E-state index in [1.807, 2.05) is 11.4 Å². The molecule has 0 unspecified atom stereocenters. The summed E-state index contributed by atoms with van der Waals surface area (Å²) in [5.74, 6) is 0.0636. The Morgan fingerprint density at radius 2 is 2.36 bits per heavy atom. The molecule has 0 saturated heterocycles. The van der Waals surface area contributed by atoms with Crippen LogP contribution in [0, 0.1) is 0 Å². The summed E-state index contributed by atoms with van der Waals surface area (Å²) in [6.07, 6.45) is 0. The highest BCUT2D eigenvalue weighted by Crippen LogP contribution is 2.25. The molecule has 0 aliphatic heterocycles. The van der Waals surface area contributed by atoms with Crippen molar-refractivity contribution in [1.82, 2.24) is 9.97 Å². The van der Waals surface area contributed by atoms with Crippen molar-refractivity contribution in [3.63, 3.8) is 0 Å². The number of anilines is 1. The first-order valence-electron chi connectivity index (χ1n) is 3.95. The summed E-state index contributed by atoms with van der Waals surface area (Å²) >= 11 is 1.52. The highest BCUT2D eigenvalue weighted by Gasteiger charge is 2.10. The van der Waals surface area contributed by atoms with Gasteiger partial charge in [-0.05, 0) is 11.4 Å². The molecule has 14 heavy (non-hydrogen) atoms. The fraction of sp³-hybridized carbons (Fsp3) is 0.125. The minimum Gasteiger partial charge on any atom is -0.372 e. The molecule has 0 aromatic carbocycles. The van der Waals surface area contributed by atoms with Crippen LogP contribution < -0.4 is 11.1 Å². The average molecular weight is 208 g/mol. The number of fused-ring (bicyclic) bond motifs is 1. The van der Waals surface area contributed by atoms with Gasteiger partial charge >= 0.3 is 0 Å². The predicted octanol–water partition coefficient (Wildman–Crippen LogP) is 0.832. The van der Waals surface area contributed by atoms with Crippen molar-refractivity contribution in [2.75, 3.05) is 12.4 Å². The van der Waals surface area contributed by atoms with Crippen LogP contribution in [0.25, 0.3) is 10.2 Å². The number of amides is 1. The highest BCUT2D eigenvalue weighted by atomic mass is 32.1. The monoisotopic (exact) mass is 208 g/mol. The van der Waals surface area contributed by atoms with Gasteiger partial charge in [0.05, 0.1) is 10.2 Å². The Hall–Kier alpha value is -1.69. The predicted molar refractivity (Wildman–Crippen MR) is 55.5 cm³/mol. The third-order valence-corrected chi connectivity index (χ3v) is 2.67. The molecular weight excluding hydrogens is 200 g/mol. The molecule has 5 nitrogen and oxygen atoms in total. The van der Waals surface area contributed by atoms with Crippen LogP contribution in [0.4, 0.5) is 5.82 Å². The smallest absolute Gasteiger partial charge is 0.286 e. The summed E-state index contributed by atoms with van der Waals surface area (Å²) in [5.41, 5.74) is 5.85. The normalized spacial score (nSPS) is 10.4. The second-order valence-electron chi connectivity index (χ2n) is 2.65. The van der Waals surface area contributed by atoms with Crippen LogP contribution in [0.5, 0.6) is 0 Å². The molecule has 2 rings (SSSR count). The molecular formula is C8H8N4OS. The zero-order valence-corrected chi connectivity index (χ0v) is 8.26. The average Bonchev–Trinajstić information content (AvgIpc) is 2.63. The van der Waals surface area contributed by atoms with Crippen LogP contribution in [0.3, 0.4) is 0 Å². The summed E-state index contributed by atoms with van der Waals surface area (Å²) in [6.45, 7) is 0. The van der Waals surface area contributed by atoms with Crippen molar-refractivity contribution in [2.45, 2.75) is 0 Å². The SMILES string of the molecule is CNc1nc(C(N)=O)nc2ccsc12. The number of carbonyl (C=O) groups is 1. The van der Waals surface area contributed by atoms with Gasteiger partial charge in [-0.15, -0.1) is 11.3 Å². The summed E-state index contributed by atoms with van der Waals surface area (Å²) in [6, 6.07) is 1.83. The standard InChI is InChI=1S/C8H8N4OS/c1-10-7-5-4(2-3-14-5)11-8(12-7)6(9)13/h2-3H,1H3,(H2,9,13)(H,10,11,12). The molecule has 0 aliphatic carbocycles. The lowest BCUT2D eigenvalue weighted by Crippen LogP contribution is -2.16. The first-order valence-corrected chi connectivity index (χ1v) is 4.83. The van der Waals surface area contributed by atoms with Crippen LogP contribution in [0.1, 0.15) is 10.6 Å². The fourth-order valence-electron chi connectivity index (χ4n) is 1.14. The quantitative estimate of drug-likeness (QED) is 0.766. The van der Waals surface area contributed by atoms with E-state index in [0.29, 0.717) is 5.82 Å². The van der Waals surface area contributed by atoms with Gasteiger partial charge in [-0.1, -0.05) is 0 Å². The van der Waals surface area contributed by atoms with E-state index in [1.165, 1.54) is 11.3 Å². The van der Waals surface area contributed by atoms with Crippen LogP contribution in [-0.2, 0) is 0 Å². The number of nitrogens with one attached hydrogen (secondary N) is 1. The van der Waals surface area contributed by atoms with Gasteiger partial charge in [-0.3, -0.25) is 4.79 Å². The van der Waals surface area contributed by atoms with E-state index >= 15 is 0 Å². The van der Waals surface area contributed by atoms with Gasteiger partial charge in [-0.25, -0.2) is 9.97 Å². The van der Waals surface area contributed by atoms with E-state index in [1.54, 1.807) is 7.05 Å². The number of carbonyl (C=O) groups excluding carboxylic acids is 1. The lowest BCUT2D eigenvalue weighted by molar-refractivity contribution is 0.0991. The van der Waals surface area contributed by atoms with Crippen molar-refractivity contribution >= 4 is 33.3 Å². The third kappa shape index (κ3) is 1.29. The number of hydrogen-bond donors (Lipinski definition) is 2. The first kappa shape index (κ1) is 8.89. The number of hydrogen-bond acceptors (Lipinski definition) is 5. The molecule has 0 bridgehead atoms. The van der Waals surface area contributed by atoms with Crippen LogP contribution in [-0.4, -0.2) is 22.9 Å². The van der Waals surface area contributed by atoms with Crippen LogP contribution in [0.2, 0.25) is 0 Å². The Bertz CT molecular complexity index is 493. The molecule has 0 fully saturated rings. The minimum absolute atomic E-state index is 0.0419. The van der Waals surface area contributed by atoms with Gasteiger partial charge in [0.25, 0.3) is 5.91 Å². The summed E-state index contributed by atoms with van der Waals surface area (Å²) in [5, 5.41) is 4.80. The largest absolute Gasteiger partial charge is 0.372 e. The molecule has 1 amide bonds. The second kappa shape index (κ2) is 3.22. The Morgan fingerprint density at radius 3 is 3.00 bits per heavy atom. The molecule has 0 radical (unpaired) electrons. The molecule has 0 atom stereocenters. The fourth-order valence-corrected chi connectivity index (χ4v) is 1.97. The summed E-state index contributed by atoms with van der Waals surface area (Å²) in [4.78, 5) is 18.9. The van der Waals surface area contributed by atoms with Crippen molar-refractivity contribution in [2.24, 2.45) is 5.73 Å². The van der Waals surface area contributed by atoms with Gasteiger partial charge in [0, 0.05) is 7.05 Å². The molecule has 2 heterocycles. The van der Waals surface area contributed by atoms with E-state index in [2.05, 4.69) is 15.3 Å².